The molecule has 2 saturated heterocycles. The van der Waals surface area contributed by atoms with Crippen LogP contribution in [0.25, 0.3) is 32.8 Å². The number of β-amino-alcohol motifs (C(OH)–C–C–N with tert-alkyl or cyclic N) is 1. The predicted octanol–water partition coefficient (Wildman–Crippen LogP) is 5.25. The van der Waals surface area contributed by atoms with E-state index in [2.05, 4.69) is 15.8 Å². The van der Waals surface area contributed by atoms with Crippen molar-refractivity contribution in [2.45, 2.75) is 50.4 Å². The molecule has 0 saturated carbocycles. The van der Waals surface area contributed by atoms with Crippen molar-refractivity contribution in [2.75, 3.05) is 45.3 Å². The van der Waals surface area contributed by atoms with Crippen LogP contribution in [0.4, 0.5) is 14.6 Å². The Hall–Kier alpha value is -4.04. The lowest BCUT2D eigenvalue weighted by Gasteiger charge is -2.38. The van der Waals surface area contributed by atoms with Crippen LogP contribution >= 0.6 is 0 Å². The number of hydrogen-bond donors (Lipinski definition) is 2. The fraction of sp³-hybridized carbons (Fsp3) is 0.412. The Morgan fingerprint density at radius 3 is 2.64 bits per heavy atom. The zero-order valence-electron chi connectivity index (χ0n) is 25.3. The smallest absolute Gasteiger partial charge is 0.319 e. The van der Waals surface area contributed by atoms with Crippen molar-refractivity contribution in [1.82, 2.24) is 14.9 Å². The number of terminal acetylenes is 1. The van der Waals surface area contributed by atoms with Crippen molar-refractivity contribution in [3.05, 3.63) is 53.6 Å². The molecule has 0 radical (unpaired) electrons. The average Bonchev–Trinajstić information content (AvgIpc) is 3.28. The molecule has 3 heterocycles. The first kappa shape index (κ1) is 30.0. The molecule has 1 aromatic heterocycles. The molecule has 230 valence electrons. The molecule has 10 heteroatoms. The lowest BCUT2D eigenvalue weighted by Crippen LogP contribution is -2.51. The van der Waals surface area contributed by atoms with Crippen molar-refractivity contribution >= 4 is 27.5 Å². The van der Waals surface area contributed by atoms with Crippen LogP contribution in [0.1, 0.15) is 38.7 Å². The standard InChI is InChI=1S/C34H36F2N4O4/c1-6-22-26(35)11-8-20-16-21(41)17-25(28(20)22)23-9-10-24-30(29(23)36)37-32(38-31(24)40-14-7-13-33(2,42)18-40)44-19-34(3)27(43-5)12-15-39(34)4/h1,8-11,16-17,27,41-42H,7,12-15,18-19H2,2-5H3. The minimum atomic E-state index is -0.947. The highest BCUT2D eigenvalue weighted by atomic mass is 19.1. The third kappa shape index (κ3) is 5.09. The predicted molar refractivity (Wildman–Crippen MR) is 166 cm³/mol. The van der Waals surface area contributed by atoms with E-state index in [0.29, 0.717) is 41.5 Å². The number of fused-ring (bicyclic) bond motifs is 2. The number of benzene rings is 3. The number of methoxy groups -OCH3 is 1. The van der Waals surface area contributed by atoms with Crippen LogP contribution in [-0.2, 0) is 4.74 Å². The highest BCUT2D eigenvalue weighted by molar-refractivity contribution is 6.04. The fourth-order valence-electron chi connectivity index (χ4n) is 6.73. The summed E-state index contributed by atoms with van der Waals surface area (Å²) in [5, 5.41) is 22.6. The molecule has 8 nitrogen and oxygen atoms in total. The van der Waals surface area contributed by atoms with Gasteiger partial charge in [0.2, 0.25) is 0 Å². The number of anilines is 1. The molecule has 0 bridgehead atoms. The normalized spacial score (nSPS) is 24.2. The summed E-state index contributed by atoms with van der Waals surface area (Å²) in [7, 11) is 3.68. The number of likely N-dealkylation sites (tertiary alicyclic amines) is 1. The van der Waals surface area contributed by atoms with E-state index in [1.54, 1.807) is 26.2 Å². The lowest BCUT2D eigenvalue weighted by molar-refractivity contribution is -0.0111. The maximum absolute atomic E-state index is 16.8. The summed E-state index contributed by atoms with van der Waals surface area (Å²) in [6.07, 6.45) is 7.81. The monoisotopic (exact) mass is 602 g/mol. The molecule has 2 aliphatic heterocycles. The summed E-state index contributed by atoms with van der Waals surface area (Å²) in [4.78, 5) is 13.4. The molecule has 0 spiro atoms. The third-order valence-corrected chi connectivity index (χ3v) is 9.30. The van der Waals surface area contributed by atoms with E-state index in [1.807, 2.05) is 18.9 Å². The molecular formula is C34H36F2N4O4. The van der Waals surface area contributed by atoms with Crippen LogP contribution in [0, 0.1) is 24.0 Å². The van der Waals surface area contributed by atoms with Crippen LogP contribution in [0.5, 0.6) is 11.8 Å². The second kappa shape index (κ2) is 11.1. The van der Waals surface area contributed by atoms with Crippen LogP contribution in [0.3, 0.4) is 0 Å². The Kier molecular flexibility index (Phi) is 7.60. The molecule has 4 aromatic rings. The number of phenols is 1. The minimum Gasteiger partial charge on any atom is -0.508 e. The van der Waals surface area contributed by atoms with E-state index in [1.165, 1.54) is 24.3 Å². The maximum Gasteiger partial charge on any atom is 0.319 e. The Bertz CT molecular complexity index is 1810. The molecule has 6 rings (SSSR count). The lowest BCUT2D eigenvalue weighted by atomic mass is 9.92. The summed E-state index contributed by atoms with van der Waals surface area (Å²) in [5.41, 5.74) is -1.12. The van der Waals surface area contributed by atoms with Crippen LogP contribution in [0.15, 0.2) is 36.4 Å². The highest BCUT2D eigenvalue weighted by Crippen LogP contribution is 2.41. The van der Waals surface area contributed by atoms with Crippen LogP contribution in [0.2, 0.25) is 0 Å². The Balaban J connectivity index is 1.53. The Labute approximate surface area is 255 Å². The highest BCUT2D eigenvalue weighted by Gasteiger charge is 2.44. The van der Waals surface area contributed by atoms with Gasteiger partial charge in [-0.05, 0) is 75.4 Å². The summed E-state index contributed by atoms with van der Waals surface area (Å²) in [6, 6.07) is 8.80. The van der Waals surface area contributed by atoms with Gasteiger partial charge in [0.05, 0.1) is 22.8 Å². The number of nitrogens with zero attached hydrogens (tertiary/aromatic N) is 4. The first-order chi connectivity index (χ1) is 21.0. The summed E-state index contributed by atoms with van der Waals surface area (Å²) in [6.45, 7) is 5.77. The van der Waals surface area contributed by atoms with E-state index in [9.17, 15) is 14.6 Å². The number of aromatic hydroxyl groups is 1. The number of aromatic nitrogens is 2. The van der Waals surface area contributed by atoms with E-state index < -0.39 is 22.8 Å². The van der Waals surface area contributed by atoms with Gasteiger partial charge in [0.1, 0.15) is 29.5 Å². The second-order valence-electron chi connectivity index (χ2n) is 12.4. The number of likely N-dealkylation sites (N-methyl/N-ethyl adjacent to an activating group) is 1. The van der Waals surface area contributed by atoms with Crippen molar-refractivity contribution in [3.63, 3.8) is 0 Å². The van der Waals surface area contributed by atoms with E-state index in [0.717, 1.165) is 19.4 Å². The number of phenolic OH excluding ortho intramolecular Hbond substituents is 1. The first-order valence-corrected chi connectivity index (χ1v) is 14.7. The van der Waals surface area contributed by atoms with Crippen molar-refractivity contribution in [1.29, 1.82) is 0 Å². The van der Waals surface area contributed by atoms with Gasteiger partial charge in [0.25, 0.3) is 0 Å². The summed E-state index contributed by atoms with van der Waals surface area (Å²) in [5.74, 6) is 1.39. The van der Waals surface area contributed by atoms with Crippen molar-refractivity contribution in [2.24, 2.45) is 0 Å². The van der Waals surface area contributed by atoms with E-state index >= 15 is 4.39 Å². The van der Waals surface area contributed by atoms with E-state index in [-0.39, 0.29) is 46.7 Å². The molecule has 3 unspecified atom stereocenters. The zero-order valence-corrected chi connectivity index (χ0v) is 25.3. The van der Waals surface area contributed by atoms with Crippen LogP contribution in [-0.4, -0.2) is 82.7 Å². The number of hydrogen-bond acceptors (Lipinski definition) is 8. The van der Waals surface area contributed by atoms with Gasteiger partial charge in [-0.3, -0.25) is 4.90 Å². The molecule has 0 amide bonds. The molecule has 44 heavy (non-hydrogen) atoms. The summed E-state index contributed by atoms with van der Waals surface area (Å²) >= 11 is 0. The fourth-order valence-corrected chi connectivity index (χ4v) is 6.73. The number of halogens is 2. The van der Waals surface area contributed by atoms with Gasteiger partial charge in [-0.2, -0.15) is 9.97 Å². The molecule has 3 atom stereocenters. The largest absolute Gasteiger partial charge is 0.508 e. The van der Waals surface area contributed by atoms with Gasteiger partial charge >= 0.3 is 6.01 Å². The topological polar surface area (TPSA) is 91.2 Å². The molecule has 0 aliphatic carbocycles. The number of ether oxygens (including phenoxy) is 2. The molecule has 3 aromatic carbocycles. The van der Waals surface area contributed by atoms with Gasteiger partial charge in [-0.15, -0.1) is 6.42 Å². The molecule has 2 N–H and O–H groups in total. The van der Waals surface area contributed by atoms with Gasteiger partial charge in [-0.25, -0.2) is 8.78 Å². The third-order valence-electron chi connectivity index (χ3n) is 9.30. The molecule has 2 fully saturated rings. The second-order valence-corrected chi connectivity index (χ2v) is 12.4. The minimum absolute atomic E-state index is 0.00362. The van der Waals surface area contributed by atoms with Crippen LogP contribution < -0.4 is 9.64 Å². The number of rotatable bonds is 6. The summed E-state index contributed by atoms with van der Waals surface area (Å²) < 4.78 is 43.5. The Morgan fingerprint density at radius 1 is 1.11 bits per heavy atom. The maximum atomic E-state index is 16.8. The Morgan fingerprint density at radius 2 is 1.91 bits per heavy atom. The van der Waals surface area contributed by atoms with Gasteiger partial charge in [-0.1, -0.05) is 18.1 Å². The van der Waals surface area contributed by atoms with Gasteiger partial charge < -0.3 is 24.6 Å². The van der Waals surface area contributed by atoms with Gasteiger partial charge in [0, 0.05) is 43.1 Å². The average molecular weight is 603 g/mol. The first-order valence-electron chi connectivity index (χ1n) is 14.7. The van der Waals surface area contributed by atoms with Crippen molar-refractivity contribution < 1.29 is 28.5 Å². The quantitative estimate of drug-likeness (QED) is 0.289. The van der Waals surface area contributed by atoms with Gasteiger partial charge in [0.15, 0.2) is 5.82 Å². The SMILES string of the molecule is C#Cc1c(F)ccc2cc(O)cc(-c3ccc4c(N5CCCC(C)(O)C5)nc(OCC5(C)C(OC)CCN5C)nc4c3F)c12. The number of aliphatic hydroxyl groups is 1. The molecule has 2 aliphatic rings. The molecular weight excluding hydrogens is 566 g/mol. The van der Waals surface area contributed by atoms with E-state index in [4.69, 9.17) is 20.9 Å². The van der Waals surface area contributed by atoms with Crippen molar-refractivity contribution in [3.8, 4) is 35.2 Å². The number of piperidine rings is 1. The zero-order chi connectivity index (χ0) is 31.4.